The summed E-state index contributed by atoms with van der Waals surface area (Å²) >= 11 is 5.83. The molecule has 0 unspecified atom stereocenters. The van der Waals surface area contributed by atoms with Crippen LogP contribution in [0.5, 0.6) is 5.75 Å². The Morgan fingerprint density at radius 1 is 1.28 bits per heavy atom. The standard InChI is InChI=1S/C20H19ClN2O2/c1-3-14(2)25-19-7-5-4-6-15(19)12-16(13-22)20(24)23-18-10-8-17(21)9-11-18/h4-12,14H,3H2,1-2H3,(H,23,24)/b16-12+/t14-/m1/s1. The minimum Gasteiger partial charge on any atom is -0.490 e. The first-order valence-corrected chi connectivity index (χ1v) is 8.35. The molecular weight excluding hydrogens is 336 g/mol. The predicted molar refractivity (Wildman–Crippen MR) is 100 cm³/mol. The maximum atomic E-state index is 12.3. The highest BCUT2D eigenvalue weighted by atomic mass is 35.5. The van der Waals surface area contributed by atoms with Crippen LogP contribution in [-0.2, 0) is 4.79 Å². The highest BCUT2D eigenvalue weighted by Gasteiger charge is 2.12. The molecule has 0 fully saturated rings. The van der Waals surface area contributed by atoms with Crippen molar-refractivity contribution in [2.75, 3.05) is 5.32 Å². The molecule has 0 saturated carbocycles. The number of halogens is 1. The van der Waals surface area contributed by atoms with E-state index in [0.29, 0.717) is 22.0 Å². The Balaban J connectivity index is 2.23. The first-order valence-electron chi connectivity index (χ1n) is 7.98. The Bertz CT molecular complexity index is 807. The molecule has 2 rings (SSSR count). The van der Waals surface area contributed by atoms with Crippen molar-refractivity contribution in [3.8, 4) is 11.8 Å². The van der Waals surface area contributed by atoms with Crippen molar-refractivity contribution in [1.82, 2.24) is 0 Å². The van der Waals surface area contributed by atoms with Gasteiger partial charge in [0.05, 0.1) is 6.10 Å². The third-order valence-electron chi connectivity index (χ3n) is 3.59. The molecule has 1 atom stereocenters. The van der Waals surface area contributed by atoms with Gasteiger partial charge in [-0.05, 0) is 49.8 Å². The number of nitrogens with zero attached hydrogens (tertiary/aromatic N) is 1. The maximum Gasteiger partial charge on any atom is 0.266 e. The van der Waals surface area contributed by atoms with E-state index in [2.05, 4.69) is 5.32 Å². The molecule has 2 aromatic carbocycles. The summed E-state index contributed by atoms with van der Waals surface area (Å²) in [5, 5.41) is 12.6. The van der Waals surface area contributed by atoms with Gasteiger partial charge in [0, 0.05) is 16.3 Å². The second-order valence-electron chi connectivity index (χ2n) is 5.51. The van der Waals surface area contributed by atoms with E-state index in [1.54, 1.807) is 24.3 Å². The lowest BCUT2D eigenvalue weighted by Gasteiger charge is -2.14. The third-order valence-corrected chi connectivity index (χ3v) is 3.84. The molecule has 0 saturated heterocycles. The number of anilines is 1. The number of ether oxygens (including phenoxy) is 1. The molecule has 1 N–H and O–H groups in total. The second-order valence-corrected chi connectivity index (χ2v) is 5.94. The number of nitrogens with one attached hydrogen (secondary N) is 1. The number of hydrogen-bond acceptors (Lipinski definition) is 3. The zero-order valence-electron chi connectivity index (χ0n) is 14.1. The minimum atomic E-state index is -0.483. The Hall–Kier alpha value is -2.77. The number of carbonyl (C=O) groups is 1. The summed E-state index contributed by atoms with van der Waals surface area (Å²) in [4.78, 5) is 12.3. The van der Waals surface area contributed by atoms with E-state index >= 15 is 0 Å². The highest BCUT2D eigenvalue weighted by molar-refractivity contribution is 6.30. The van der Waals surface area contributed by atoms with Crippen molar-refractivity contribution < 1.29 is 9.53 Å². The molecule has 0 aromatic heterocycles. The van der Waals surface area contributed by atoms with Crippen molar-refractivity contribution >= 4 is 29.3 Å². The summed E-state index contributed by atoms with van der Waals surface area (Å²) in [6, 6.07) is 16.0. The van der Waals surface area contributed by atoms with Crippen LogP contribution in [0, 0.1) is 11.3 Å². The molecule has 0 radical (unpaired) electrons. The molecule has 5 heteroatoms. The van der Waals surface area contributed by atoms with Gasteiger partial charge in [-0.25, -0.2) is 0 Å². The fraction of sp³-hybridized carbons (Fsp3) is 0.200. The normalized spacial score (nSPS) is 12.2. The molecule has 128 valence electrons. The van der Waals surface area contributed by atoms with Crippen LogP contribution in [0.2, 0.25) is 5.02 Å². The van der Waals surface area contributed by atoms with E-state index in [-0.39, 0.29) is 11.7 Å². The van der Waals surface area contributed by atoms with Crippen molar-refractivity contribution in [2.45, 2.75) is 26.4 Å². The van der Waals surface area contributed by atoms with Crippen molar-refractivity contribution in [3.63, 3.8) is 0 Å². The van der Waals surface area contributed by atoms with Gasteiger partial charge >= 0.3 is 0 Å². The number of para-hydroxylation sites is 1. The number of hydrogen-bond donors (Lipinski definition) is 1. The molecule has 0 aliphatic heterocycles. The fourth-order valence-electron chi connectivity index (χ4n) is 2.04. The van der Waals surface area contributed by atoms with Gasteiger partial charge in [-0.3, -0.25) is 4.79 Å². The van der Waals surface area contributed by atoms with Crippen LogP contribution < -0.4 is 10.1 Å². The number of rotatable bonds is 6. The predicted octanol–water partition coefficient (Wildman–Crippen LogP) is 5.06. The van der Waals surface area contributed by atoms with Gasteiger partial charge in [0.1, 0.15) is 17.4 Å². The summed E-state index contributed by atoms with van der Waals surface area (Å²) in [6.07, 6.45) is 2.44. The molecule has 4 nitrogen and oxygen atoms in total. The van der Waals surface area contributed by atoms with Crippen LogP contribution in [0.4, 0.5) is 5.69 Å². The molecule has 25 heavy (non-hydrogen) atoms. The van der Waals surface area contributed by atoms with Crippen LogP contribution in [0.3, 0.4) is 0 Å². The number of carbonyl (C=O) groups excluding carboxylic acids is 1. The van der Waals surface area contributed by atoms with Crippen LogP contribution >= 0.6 is 11.6 Å². The Morgan fingerprint density at radius 2 is 1.96 bits per heavy atom. The topological polar surface area (TPSA) is 62.1 Å². The molecule has 0 bridgehead atoms. The van der Waals surface area contributed by atoms with E-state index in [4.69, 9.17) is 16.3 Å². The second kappa shape index (κ2) is 8.91. The zero-order valence-corrected chi connectivity index (χ0v) is 14.9. The molecule has 2 aromatic rings. The summed E-state index contributed by atoms with van der Waals surface area (Å²) in [5.74, 6) is 0.159. The number of benzene rings is 2. The van der Waals surface area contributed by atoms with E-state index in [1.807, 2.05) is 44.2 Å². The molecule has 0 aliphatic carbocycles. The Morgan fingerprint density at radius 3 is 2.60 bits per heavy atom. The van der Waals surface area contributed by atoms with Crippen LogP contribution in [0.1, 0.15) is 25.8 Å². The van der Waals surface area contributed by atoms with E-state index < -0.39 is 5.91 Å². The first kappa shape index (κ1) is 18.6. The number of amides is 1. The van der Waals surface area contributed by atoms with E-state index in [1.165, 1.54) is 6.08 Å². The third kappa shape index (κ3) is 5.37. The van der Waals surface area contributed by atoms with Gasteiger partial charge < -0.3 is 10.1 Å². The van der Waals surface area contributed by atoms with Gasteiger partial charge in [-0.1, -0.05) is 36.7 Å². The largest absolute Gasteiger partial charge is 0.490 e. The van der Waals surface area contributed by atoms with Crippen LogP contribution in [0.15, 0.2) is 54.1 Å². The average Bonchev–Trinajstić information content (AvgIpc) is 2.62. The lowest BCUT2D eigenvalue weighted by atomic mass is 10.1. The lowest BCUT2D eigenvalue weighted by Crippen LogP contribution is -2.14. The molecule has 0 spiro atoms. The van der Waals surface area contributed by atoms with Gasteiger partial charge in [0.2, 0.25) is 0 Å². The van der Waals surface area contributed by atoms with Crippen LogP contribution in [-0.4, -0.2) is 12.0 Å². The van der Waals surface area contributed by atoms with Crippen molar-refractivity contribution in [1.29, 1.82) is 5.26 Å². The summed E-state index contributed by atoms with van der Waals surface area (Å²) in [5.41, 5.74) is 1.25. The quantitative estimate of drug-likeness (QED) is 0.582. The van der Waals surface area contributed by atoms with E-state index in [9.17, 15) is 10.1 Å². The SMILES string of the molecule is CC[C@@H](C)Oc1ccccc1/C=C(\C#N)C(=O)Nc1ccc(Cl)cc1. The minimum absolute atomic E-state index is 0.00449. The van der Waals surface area contributed by atoms with Crippen molar-refractivity contribution in [2.24, 2.45) is 0 Å². The smallest absolute Gasteiger partial charge is 0.266 e. The van der Waals surface area contributed by atoms with Gasteiger partial charge in [-0.15, -0.1) is 0 Å². The Kier molecular flexibility index (Phi) is 6.62. The summed E-state index contributed by atoms with van der Waals surface area (Å²) in [7, 11) is 0. The average molecular weight is 355 g/mol. The van der Waals surface area contributed by atoms with Gasteiger partial charge in [0.25, 0.3) is 5.91 Å². The maximum absolute atomic E-state index is 12.3. The Labute approximate surface area is 152 Å². The molecule has 1 amide bonds. The number of nitriles is 1. The van der Waals surface area contributed by atoms with Crippen molar-refractivity contribution in [3.05, 3.63) is 64.7 Å². The van der Waals surface area contributed by atoms with Gasteiger partial charge in [0.15, 0.2) is 0 Å². The molecular formula is C20H19ClN2O2. The molecule has 0 heterocycles. The highest BCUT2D eigenvalue weighted by Crippen LogP contribution is 2.23. The summed E-state index contributed by atoms with van der Waals surface area (Å²) in [6.45, 7) is 4.00. The van der Waals surface area contributed by atoms with Gasteiger partial charge in [-0.2, -0.15) is 5.26 Å². The first-order chi connectivity index (χ1) is 12.0. The van der Waals surface area contributed by atoms with E-state index in [0.717, 1.165) is 6.42 Å². The summed E-state index contributed by atoms with van der Waals surface area (Å²) < 4.78 is 5.85. The molecule has 0 aliphatic rings. The zero-order chi connectivity index (χ0) is 18.2. The monoisotopic (exact) mass is 354 g/mol. The lowest BCUT2D eigenvalue weighted by molar-refractivity contribution is -0.112. The fourth-order valence-corrected chi connectivity index (χ4v) is 2.17. The van der Waals surface area contributed by atoms with Crippen LogP contribution in [0.25, 0.3) is 6.08 Å².